The van der Waals surface area contributed by atoms with Crippen molar-refractivity contribution in [1.29, 1.82) is 0 Å². The first-order valence-electron chi connectivity index (χ1n) is 3.93. The summed E-state index contributed by atoms with van der Waals surface area (Å²) in [6.45, 7) is 1.64. The van der Waals surface area contributed by atoms with Crippen LogP contribution in [0.15, 0.2) is 29.4 Å². The zero-order valence-corrected chi connectivity index (χ0v) is 7.21. The third-order valence-electron chi connectivity index (χ3n) is 1.82. The van der Waals surface area contributed by atoms with E-state index in [1.54, 1.807) is 31.2 Å². The molecule has 0 saturated carbocycles. The van der Waals surface area contributed by atoms with Crippen LogP contribution in [0.25, 0.3) is 0 Å². The van der Waals surface area contributed by atoms with E-state index in [1.807, 2.05) is 0 Å². The van der Waals surface area contributed by atoms with Crippen LogP contribution in [0.1, 0.15) is 18.6 Å². The molecule has 0 heterocycles. The summed E-state index contributed by atoms with van der Waals surface area (Å²) in [5, 5.41) is 20.7. The summed E-state index contributed by atoms with van der Waals surface area (Å²) in [5.74, 6) is 0. The van der Waals surface area contributed by atoms with E-state index in [1.165, 1.54) is 0 Å². The second kappa shape index (κ2) is 4.16. The van der Waals surface area contributed by atoms with Gasteiger partial charge in [-0.15, -0.1) is 0 Å². The first-order valence-corrected chi connectivity index (χ1v) is 3.93. The Hall–Kier alpha value is -1.20. The number of hydrogen-bond donors (Lipinski definition) is 2. The fourth-order valence-corrected chi connectivity index (χ4v) is 1.01. The van der Waals surface area contributed by atoms with Crippen molar-refractivity contribution in [3.05, 3.63) is 34.7 Å². The van der Waals surface area contributed by atoms with Crippen LogP contribution in [0, 0.1) is 4.91 Å². The zero-order chi connectivity index (χ0) is 9.84. The highest BCUT2D eigenvalue weighted by Crippen LogP contribution is 2.09. The van der Waals surface area contributed by atoms with Gasteiger partial charge in [0.15, 0.2) is 0 Å². The predicted molar refractivity (Wildman–Crippen MR) is 50.5 cm³/mol. The van der Waals surface area contributed by atoms with Crippen molar-refractivity contribution in [3.8, 4) is 0 Å². The average Bonchev–Trinajstić information content (AvgIpc) is 2.17. The molecule has 0 radical (unpaired) electrons. The van der Waals surface area contributed by atoms with Crippen molar-refractivity contribution in [2.75, 3.05) is 0 Å². The van der Waals surface area contributed by atoms with Crippen LogP contribution >= 0.6 is 0 Å². The maximum atomic E-state index is 9.97. The number of benzene rings is 1. The van der Waals surface area contributed by atoms with E-state index >= 15 is 0 Å². The van der Waals surface area contributed by atoms with Gasteiger partial charge in [0.05, 0.1) is 6.10 Å². The van der Waals surface area contributed by atoms with E-state index < -0.39 is 13.2 Å². The molecule has 0 aromatic heterocycles. The molecule has 0 spiro atoms. The Morgan fingerprint density at radius 3 is 2.31 bits per heavy atom. The third-order valence-corrected chi connectivity index (χ3v) is 1.82. The largest absolute Gasteiger partial charge is 0.517 e. The molecule has 0 fully saturated rings. The quantitative estimate of drug-likeness (QED) is 0.514. The monoisotopic (exact) mass is 179 g/mol. The summed E-state index contributed by atoms with van der Waals surface area (Å²) < 4.78 is 0. The van der Waals surface area contributed by atoms with Crippen molar-refractivity contribution >= 4 is 12.5 Å². The number of rotatable bonds is 3. The Morgan fingerprint density at radius 1 is 1.38 bits per heavy atom. The number of hydrogen-bond acceptors (Lipinski definition) is 4. The highest BCUT2D eigenvalue weighted by atomic mass is 16.3. The second-order valence-corrected chi connectivity index (χ2v) is 2.82. The van der Waals surface area contributed by atoms with E-state index in [9.17, 15) is 4.91 Å². The molecule has 0 bridgehead atoms. The fourth-order valence-electron chi connectivity index (χ4n) is 1.01. The number of nitrogens with zero attached hydrogens (tertiary/aromatic N) is 1. The standard InChI is InChI=1S/C8H10BNO3/c1-6(11)7-2-4-8(5-3-7)9(12)10-13/h2-6,11-12H,1H3. The van der Waals surface area contributed by atoms with Gasteiger partial charge in [-0.1, -0.05) is 29.4 Å². The summed E-state index contributed by atoms with van der Waals surface area (Å²) in [5.41, 5.74) is 1.17. The lowest BCUT2D eigenvalue weighted by Crippen LogP contribution is -2.27. The molecule has 5 heteroatoms. The Morgan fingerprint density at radius 2 is 1.92 bits per heavy atom. The molecule has 68 valence electrons. The Kier molecular flexibility index (Phi) is 3.16. The first kappa shape index (κ1) is 9.89. The first-order chi connectivity index (χ1) is 6.15. The van der Waals surface area contributed by atoms with Gasteiger partial charge < -0.3 is 10.1 Å². The van der Waals surface area contributed by atoms with Crippen LogP contribution in [0.3, 0.4) is 0 Å². The van der Waals surface area contributed by atoms with E-state index in [0.29, 0.717) is 5.46 Å². The maximum Gasteiger partial charge on any atom is 0.517 e. The van der Waals surface area contributed by atoms with Gasteiger partial charge in [-0.25, -0.2) is 0 Å². The summed E-state index contributed by atoms with van der Waals surface area (Å²) in [4.78, 5) is 9.97. The molecular weight excluding hydrogens is 169 g/mol. The zero-order valence-electron chi connectivity index (χ0n) is 7.21. The minimum atomic E-state index is -1.32. The average molecular weight is 179 g/mol. The summed E-state index contributed by atoms with van der Waals surface area (Å²) in [7, 11) is -1.32. The normalized spacial score (nSPS) is 12.2. The minimum absolute atomic E-state index is 0.430. The van der Waals surface area contributed by atoms with Crippen molar-refractivity contribution in [3.63, 3.8) is 0 Å². The smallest absolute Gasteiger partial charge is 0.425 e. The summed E-state index contributed by atoms with van der Waals surface area (Å²) in [6, 6.07) is 6.42. The molecular formula is C8H10BNO3. The molecule has 13 heavy (non-hydrogen) atoms. The molecule has 1 unspecified atom stereocenters. The molecule has 0 aliphatic carbocycles. The van der Waals surface area contributed by atoms with Gasteiger partial charge in [0.25, 0.3) is 0 Å². The van der Waals surface area contributed by atoms with E-state index in [2.05, 4.69) is 5.09 Å². The van der Waals surface area contributed by atoms with Crippen molar-refractivity contribution in [1.82, 2.24) is 0 Å². The van der Waals surface area contributed by atoms with Crippen LogP contribution < -0.4 is 5.46 Å². The van der Waals surface area contributed by atoms with Crippen LogP contribution in [0.5, 0.6) is 0 Å². The molecule has 4 nitrogen and oxygen atoms in total. The van der Waals surface area contributed by atoms with E-state index in [0.717, 1.165) is 5.56 Å². The van der Waals surface area contributed by atoms with Crippen LogP contribution in [0.4, 0.5) is 0 Å². The van der Waals surface area contributed by atoms with Crippen molar-refractivity contribution in [2.45, 2.75) is 13.0 Å². The molecule has 1 atom stereocenters. The predicted octanol–water partition coefficient (Wildman–Crippen LogP) is 0.194. The maximum absolute atomic E-state index is 9.97. The van der Waals surface area contributed by atoms with Crippen molar-refractivity contribution in [2.24, 2.45) is 5.09 Å². The molecule has 0 aliphatic rings. The lowest BCUT2D eigenvalue weighted by atomic mass is 9.75. The summed E-state index contributed by atoms with van der Waals surface area (Å²) >= 11 is 0. The van der Waals surface area contributed by atoms with E-state index in [4.69, 9.17) is 10.1 Å². The number of aliphatic hydroxyl groups excluding tert-OH is 1. The molecule has 1 aromatic carbocycles. The molecule has 0 amide bonds. The third kappa shape index (κ3) is 2.37. The molecule has 1 aromatic rings. The van der Waals surface area contributed by atoms with Gasteiger partial charge in [-0.05, 0) is 17.9 Å². The molecule has 0 aliphatic heterocycles. The van der Waals surface area contributed by atoms with Gasteiger partial charge >= 0.3 is 7.05 Å². The Bertz CT molecular complexity index is 286. The van der Waals surface area contributed by atoms with Crippen LogP contribution in [-0.4, -0.2) is 17.2 Å². The van der Waals surface area contributed by atoms with E-state index in [-0.39, 0.29) is 0 Å². The van der Waals surface area contributed by atoms with Crippen LogP contribution in [-0.2, 0) is 0 Å². The van der Waals surface area contributed by atoms with Crippen LogP contribution in [0.2, 0.25) is 0 Å². The summed E-state index contributed by atoms with van der Waals surface area (Å²) in [6.07, 6.45) is -0.546. The van der Waals surface area contributed by atoms with Gasteiger partial charge in [0.1, 0.15) is 0 Å². The fraction of sp³-hybridized carbons (Fsp3) is 0.250. The Labute approximate surface area is 76.3 Å². The van der Waals surface area contributed by atoms with Crippen molar-refractivity contribution < 1.29 is 10.1 Å². The van der Waals surface area contributed by atoms with Gasteiger partial charge in [-0.2, -0.15) is 4.91 Å². The Balaban J connectivity index is 2.87. The minimum Gasteiger partial charge on any atom is -0.425 e. The highest BCUT2D eigenvalue weighted by molar-refractivity contribution is 6.64. The molecule has 1 rings (SSSR count). The lowest BCUT2D eigenvalue weighted by molar-refractivity contribution is 0.199. The number of nitroso groups, excluding NO2 is 1. The molecule has 2 N–H and O–H groups in total. The van der Waals surface area contributed by atoms with Gasteiger partial charge in [0, 0.05) is 0 Å². The highest BCUT2D eigenvalue weighted by Gasteiger charge is 2.15. The lowest BCUT2D eigenvalue weighted by Gasteiger charge is -2.04. The number of aliphatic hydroxyl groups is 1. The van der Waals surface area contributed by atoms with Gasteiger partial charge in [-0.3, -0.25) is 0 Å². The SMILES string of the molecule is CC(O)c1ccc(B(O)N=O)cc1. The molecule has 0 saturated heterocycles. The second-order valence-electron chi connectivity index (χ2n) is 2.82. The topological polar surface area (TPSA) is 69.9 Å². The van der Waals surface area contributed by atoms with Gasteiger partial charge in [0.2, 0.25) is 0 Å².